The van der Waals surface area contributed by atoms with Crippen LogP contribution >= 0.6 is 11.6 Å². The number of sulfonamides is 1. The number of halogens is 1. The maximum absolute atomic E-state index is 13.0. The molecule has 3 rings (SSSR count). The van der Waals surface area contributed by atoms with Gasteiger partial charge in [-0.05, 0) is 62.4 Å². The highest BCUT2D eigenvalue weighted by atomic mass is 35.5. The third-order valence-corrected chi connectivity index (χ3v) is 6.39. The second-order valence-electron chi connectivity index (χ2n) is 6.34. The van der Waals surface area contributed by atoms with Crippen molar-refractivity contribution < 1.29 is 17.7 Å². The van der Waals surface area contributed by atoms with Gasteiger partial charge in [-0.2, -0.15) is 9.29 Å². The van der Waals surface area contributed by atoms with Gasteiger partial charge in [0, 0.05) is 16.6 Å². The molecular weight excluding hydrogens is 402 g/mol. The first-order chi connectivity index (χ1) is 13.3. The lowest BCUT2D eigenvalue weighted by atomic mass is 10.2. The number of ether oxygens (including phenoxy) is 1. The number of hydrogen-bond donors (Lipinski definition) is 0. The molecule has 0 spiro atoms. The van der Waals surface area contributed by atoms with Crippen LogP contribution in [0.15, 0.2) is 57.9 Å². The average molecular weight is 422 g/mol. The van der Waals surface area contributed by atoms with Crippen LogP contribution in [0.2, 0.25) is 5.02 Å². The molecule has 148 valence electrons. The number of hydrogen-bond acceptors (Lipinski definition) is 6. The Morgan fingerprint density at radius 2 is 1.75 bits per heavy atom. The summed E-state index contributed by atoms with van der Waals surface area (Å²) in [6.07, 6.45) is 0. The number of benzene rings is 2. The van der Waals surface area contributed by atoms with Gasteiger partial charge in [-0.1, -0.05) is 16.8 Å². The van der Waals surface area contributed by atoms with Gasteiger partial charge in [0.05, 0.1) is 18.6 Å². The lowest BCUT2D eigenvalue weighted by Crippen LogP contribution is -2.36. The molecule has 0 unspecified atom stereocenters. The summed E-state index contributed by atoms with van der Waals surface area (Å²) in [4.78, 5) is 4.49. The Balaban J connectivity index is 1.85. The molecule has 0 aliphatic rings. The van der Waals surface area contributed by atoms with Crippen LogP contribution in [-0.2, 0) is 16.6 Å². The smallest absolute Gasteiger partial charge is 0.243 e. The minimum atomic E-state index is -3.75. The van der Waals surface area contributed by atoms with Crippen molar-refractivity contribution in [2.45, 2.75) is 31.3 Å². The van der Waals surface area contributed by atoms with Crippen molar-refractivity contribution in [3.8, 4) is 17.1 Å². The van der Waals surface area contributed by atoms with Crippen LogP contribution in [0.25, 0.3) is 11.4 Å². The van der Waals surface area contributed by atoms with Gasteiger partial charge in [0.2, 0.25) is 21.7 Å². The summed E-state index contributed by atoms with van der Waals surface area (Å²) < 4.78 is 37.8. The van der Waals surface area contributed by atoms with Gasteiger partial charge in [-0.3, -0.25) is 0 Å². The van der Waals surface area contributed by atoms with E-state index in [1.807, 2.05) is 0 Å². The zero-order valence-electron chi connectivity index (χ0n) is 15.7. The van der Waals surface area contributed by atoms with Gasteiger partial charge in [0.25, 0.3) is 0 Å². The molecule has 0 atom stereocenters. The van der Waals surface area contributed by atoms with E-state index in [2.05, 4.69) is 10.1 Å². The highest BCUT2D eigenvalue weighted by molar-refractivity contribution is 7.89. The molecule has 0 amide bonds. The zero-order chi connectivity index (χ0) is 20.3. The third kappa shape index (κ3) is 4.35. The molecule has 0 radical (unpaired) electrons. The Labute approximate surface area is 168 Å². The maximum atomic E-state index is 13.0. The highest BCUT2D eigenvalue weighted by Gasteiger charge is 2.29. The summed E-state index contributed by atoms with van der Waals surface area (Å²) in [5, 5.41) is 4.42. The van der Waals surface area contributed by atoms with Gasteiger partial charge >= 0.3 is 0 Å². The van der Waals surface area contributed by atoms with Crippen LogP contribution in [0.4, 0.5) is 0 Å². The molecule has 0 N–H and O–H groups in total. The van der Waals surface area contributed by atoms with E-state index in [1.54, 1.807) is 57.4 Å². The normalized spacial score (nSPS) is 11.9. The topological polar surface area (TPSA) is 85.5 Å². The van der Waals surface area contributed by atoms with Crippen LogP contribution < -0.4 is 4.74 Å². The molecule has 1 aromatic heterocycles. The van der Waals surface area contributed by atoms with Crippen LogP contribution in [0.1, 0.15) is 19.7 Å². The number of rotatable bonds is 7. The van der Waals surface area contributed by atoms with Crippen LogP contribution in [0.5, 0.6) is 5.75 Å². The molecule has 0 aliphatic carbocycles. The monoisotopic (exact) mass is 421 g/mol. The number of nitrogens with zero attached hydrogens (tertiary/aromatic N) is 3. The number of methoxy groups -OCH3 is 1. The summed E-state index contributed by atoms with van der Waals surface area (Å²) >= 11 is 5.86. The third-order valence-electron chi connectivity index (χ3n) is 4.10. The summed E-state index contributed by atoms with van der Waals surface area (Å²) in [7, 11) is -2.16. The molecule has 0 fully saturated rings. The molecular formula is C19H20ClN3O4S. The second kappa shape index (κ2) is 8.30. The minimum absolute atomic E-state index is 0.0359. The molecule has 9 heteroatoms. The zero-order valence-corrected chi connectivity index (χ0v) is 17.2. The van der Waals surface area contributed by atoms with Gasteiger partial charge in [0.15, 0.2) is 0 Å². The van der Waals surface area contributed by atoms with Crippen molar-refractivity contribution in [2.24, 2.45) is 0 Å². The summed E-state index contributed by atoms with van der Waals surface area (Å²) in [6.45, 7) is 3.54. The largest absolute Gasteiger partial charge is 0.497 e. The standard InChI is InChI=1S/C19H20ClN3O4S/c1-13(2)23(28(24,25)17-10-6-15(20)7-11-17)12-18-21-19(22-27-18)14-4-8-16(26-3)9-5-14/h4-11,13H,12H2,1-3H3. The molecule has 0 bridgehead atoms. The van der Waals surface area contributed by atoms with E-state index in [4.69, 9.17) is 20.9 Å². The van der Waals surface area contributed by atoms with Crippen molar-refractivity contribution in [3.05, 3.63) is 59.4 Å². The van der Waals surface area contributed by atoms with Crippen molar-refractivity contribution in [1.82, 2.24) is 14.4 Å². The molecule has 0 aliphatic heterocycles. The molecule has 28 heavy (non-hydrogen) atoms. The van der Waals surface area contributed by atoms with E-state index in [-0.39, 0.29) is 23.4 Å². The first-order valence-electron chi connectivity index (χ1n) is 8.55. The van der Waals surface area contributed by atoms with Crippen molar-refractivity contribution in [2.75, 3.05) is 7.11 Å². The quantitative estimate of drug-likeness (QED) is 0.573. The van der Waals surface area contributed by atoms with Gasteiger partial charge in [0.1, 0.15) is 5.75 Å². The molecule has 0 saturated carbocycles. The predicted octanol–water partition coefficient (Wildman–Crippen LogP) is 4.00. The molecule has 0 saturated heterocycles. The van der Waals surface area contributed by atoms with E-state index < -0.39 is 10.0 Å². The van der Waals surface area contributed by atoms with Crippen LogP contribution in [0, 0.1) is 0 Å². The molecule has 1 heterocycles. The van der Waals surface area contributed by atoms with Gasteiger partial charge in [-0.25, -0.2) is 8.42 Å². The fourth-order valence-corrected chi connectivity index (χ4v) is 4.31. The Morgan fingerprint density at radius 3 is 2.32 bits per heavy atom. The summed E-state index contributed by atoms with van der Waals surface area (Å²) in [5.41, 5.74) is 0.743. The van der Waals surface area contributed by atoms with E-state index >= 15 is 0 Å². The molecule has 2 aromatic carbocycles. The lowest BCUT2D eigenvalue weighted by Gasteiger charge is -2.24. The SMILES string of the molecule is COc1ccc(-c2noc(CN(C(C)C)S(=O)(=O)c3ccc(Cl)cc3)n2)cc1. The molecule has 7 nitrogen and oxygen atoms in total. The Bertz CT molecular complexity index is 1030. The Morgan fingerprint density at radius 1 is 1.11 bits per heavy atom. The Hall–Kier alpha value is -2.42. The Kier molecular flexibility index (Phi) is 6.02. The van der Waals surface area contributed by atoms with E-state index in [9.17, 15) is 8.42 Å². The summed E-state index contributed by atoms with van der Waals surface area (Å²) in [6, 6.07) is 12.9. The minimum Gasteiger partial charge on any atom is -0.497 e. The second-order valence-corrected chi connectivity index (χ2v) is 8.67. The summed E-state index contributed by atoms with van der Waals surface area (Å²) in [5.74, 6) is 1.30. The van der Waals surface area contributed by atoms with E-state index in [0.29, 0.717) is 16.6 Å². The maximum Gasteiger partial charge on any atom is 0.243 e. The van der Waals surface area contributed by atoms with Crippen molar-refractivity contribution in [3.63, 3.8) is 0 Å². The first-order valence-corrected chi connectivity index (χ1v) is 10.4. The lowest BCUT2D eigenvalue weighted by molar-refractivity contribution is 0.286. The highest BCUT2D eigenvalue weighted by Crippen LogP contribution is 2.24. The number of aromatic nitrogens is 2. The van der Waals surface area contributed by atoms with Crippen LogP contribution in [-0.4, -0.2) is 36.0 Å². The fraction of sp³-hybridized carbons (Fsp3) is 0.263. The van der Waals surface area contributed by atoms with Crippen molar-refractivity contribution in [1.29, 1.82) is 0 Å². The fourth-order valence-electron chi connectivity index (χ4n) is 2.60. The van der Waals surface area contributed by atoms with E-state index in [0.717, 1.165) is 5.56 Å². The van der Waals surface area contributed by atoms with Gasteiger partial charge in [-0.15, -0.1) is 0 Å². The molecule has 3 aromatic rings. The van der Waals surface area contributed by atoms with Crippen molar-refractivity contribution >= 4 is 21.6 Å². The van der Waals surface area contributed by atoms with Crippen LogP contribution in [0.3, 0.4) is 0 Å². The average Bonchev–Trinajstić information content (AvgIpc) is 3.15. The first kappa shape index (κ1) is 20.3. The van der Waals surface area contributed by atoms with E-state index in [1.165, 1.54) is 16.4 Å². The predicted molar refractivity (Wildman–Crippen MR) is 106 cm³/mol. The van der Waals surface area contributed by atoms with Gasteiger partial charge < -0.3 is 9.26 Å².